The van der Waals surface area contributed by atoms with Gasteiger partial charge in [0.15, 0.2) is 0 Å². The molecule has 272 valence electrons. The van der Waals surface area contributed by atoms with Crippen molar-refractivity contribution >= 4 is 108 Å². The summed E-state index contributed by atoms with van der Waals surface area (Å²) in [4.78, 5) is 16.2. The molecule has 2 atom stereocenters. The number of nitrogens with zero attached hydrogens (tertiary/aromatic N) is 2. The van der Waals surface area contributed by atoms with Crippen molar-refractivity contribution in [2.24, 2.45) is 16.8 Å². The van der Waals surface area contributed by atoms with Gasteiger partial charge in [-0.3, -0.25) is 0 Å². The molecule has 0 N–H and O–H groups in total. The Labute approximate surface area is 345 Å². The topological polar surface area (TPSA) is 43.7 Å². The number of thiophene rings is 1. The summed E-state index contributed by atoms with van der Waals surface area (Å²) in [7, 11) is 0. The van der Waals surface area contributed by atoms with Crippen molar-refractivity contribution in [3.8, 4) is 32.5 Å². The van der Waals surface area contributed by atoms with Crippen LogP contribution in [0.4, 0.5) is 5.00 Å². The van der Waals surface area contributed by atoms with Crippen LogP contribution in [0.5, 0.6) is 11.6 Å². The second-order valence-electron chi connectivity index (χ2n) is 16.2. The lowest BCUT2D eigenvalue weighted by Crippen LogP contribution is -2.40. The molecule has 0 saturated heterocycles. The molecular formula is C44H38N2O2S6. The highest BCUT2D eigenvalue weighted by molar-refractivity contribution is 7.86. The van der Waals surface area contributed by atoms with Crippen molar-refractivity contribution in [3.63, 3.8) is 0 Å². The fraction of sp³-hybridized carbons (Fsp3) is 0.409. The third-order valence-electron chi connectivity index (χ3n) is 13.1. The van der Waals surface area contributed by atoms with Gasteiger partial charge in [0.2, 0.25) is 5.88 Å². The minimum Gasteiger partial charge on any atom is -0.481 e. The smallest absolute Gasteiger partial charge is 0.234 e. The standard InChI is InChI=1S/C44H38N2O2S6/c49-36-23-11-3-4-12-24(23)37(50)29(36)21-33-46-42-41(54-33)28-20-30-27(19-31(28)44(48-42)17-9-2-10-18-44)40-32(47-43(30)15-7-1-8-16-43)22-34(53-40)45-35-38(51)25-13-5-6-14-26(25)39(35)52/h3-4,11-12,19-22,25-26H,1-2,5-10,13-18H2. The molecule has 4 aromatic rings. The Hall–Kier alpha value is -2.86. The van der Waals surface area contributed by atoms with Crippen molar-refractivity contribution in [3.05, 3.63) is 75.3 Å². The van der Waals surface area contributed by atoms with Crippen LogP contribution in [0.3, 0.4) is 0 Å². The van der Waals surface area contributed by atoms with E-state index in [1.807, 2.05) is 12.1 Å². The molecule has 7 aliphatic rings. The average Bonchev–Trinajstić information content (AvgIpc) is 3.92. The highest BCUT2D eigenvalue weighted by Crippen LogP contribution is 2.60. The first kappa shape index (κ1) is 34.4. The van der Waals surface area contributed by atoms with Gasteiger partial charge in [-0.15, -0.1) is 22.7 Å². The van der Waals surface area contributed by atoms with Crippen molar-refractivity contribution in [1.29, 1.82) is 0 Å². The first-order valence-electron chi connectivity index (χ1n) is 19.6. The van der Waals surface area contributed by atoms with E-state index in [0.717, 1.165) is 137 Å². The van der Waals surface area contributed by atoms with Gasteiger partial charge in [0.1, 0.15) is 27.0 Å². The van der Waals surface area contributed by atoms with E-state index >= 15 is 0 Å². The van der Waals surface area contributed by atoms with Crippen LogP contribution in [-0.2, 0) is 11.2 Å². The number of aromatic nitrogens is 1. The molecule has 0 amide bonds. The summed E-state index contributed by atoms with van der Waals surface area (Å²) < 4.78 is 14.4. The quantitative estimate of drug-likeness (QED) is 0.147. The van der Waals surface area contributed by atoms with E-state index in [1.54, 1.807) is 22.7 Å². The van der Waals surface area contributed by atoms with Crippen molar-refractivity contribution in [1.82, 2.24) is 4.98 Å². The number of thiocarbonyl (C=S) groups is 4. The van der Waals surface area contributed by atoms with E-state index in [2.05, 4.69) is 36.4 Å². The molecule has 2 aliphatic heterocycles. The predicted molar refractivity (Wildman–Crippen MR) is 237 cm³/mol. The largest absolute Gasteiger partial charge is 0.481 e. The van der Waals surface area contributed by atoms with Crippen molar-refractivity contribution in [2.45, 2.75) is 101 Å². The van der Waals surface area contributed by atoms with Gasteiger partial charge in [0.25, 0.3) is 0 Å². The molecule has 0 radical (unpaired) electrons. The van der Waals surface area contributed by atoms with Crippen LogP contribution >= 0.6 is 71.5 Å². The maximum atomic E-state index is 7.24. The first-order chi connectivity index (χ1) is 26.3. The van der Waals surface area contributed by atoms with Gasteiger partial charge in [-0.1, -0.05) is 98.8 Å². The van der Waals surface area contributed by atoms with Crippen LogP contribution < -0.4 is 9.47 Å². The fourth-order valence-corrected chi connectivity index (χ4v) is 14.1. The lowest BCUT2D eigenvalue weighted by Gasteiger charge is -2.45. The van der Waals surface area contributed by atoms with Gasteiger partial charge in [0, 0.05) is 66.6 Å². The van der Waals surface area contributed by atoms with Crippen LogP contribution in [0.25, 0.3) is 27.0 Å². The zero-order valence-corrected chi connectivity index (χ0v) is 34.7. The Morgan fingerprint density at radius 3 is 1.85 bits per heavy atom. The molecule has 4 heterocycles. The summed E-state index contributed by atoms with van der Waals surface area (Å²) in [6.45, 7) is 0. The minimum atomic E-state index is -0.417. The van der Waals surface area contributed by atoms with E-state index in [4.69, 9.17) is 68.3 Å². The normalized spacial score (nSPS) is 24.3. The Morgan fingerprint density at radius 2 is 1.24 bits per heavy atom. The predicted octanol–water partition coefficient (Wildman–Crippen LogP) is 12.8. The Kier molecular flexibility index (Phi) is 8.17. The summed E-state index contributed by atoms with van der Waals surface area (Å²) in [6, 6.07) is 15.3. The minimum absolute atomic E-state index is 0.379. The number of fused-ring (bicyclic) bond motifs is 10. The van der Waals surface area contributed by atoms with Crippen LogP contribution in [0.1, 0.15) is 117 Å². The van der Waals surface area contributed by atoms with Crippen LogP contribution in [0.2, 0.25) is 0 Å². The van der Waals surface area contributed by atoms with Crippen molar-refractivity contribution < 1.29 is 9.47 Å². The summed E-state index contributed by atoms with van der Waals surface area (Å²) in [5, 5.41) is 1.81. The Bertz CT molecular complexity index is 2360. The van der Waals surface area contributed by atoms with E-state index in [1.165, 1.54) is 47.9 Å². The molecule has 0 bridgehead atoms. The van der Waals surface area contributed by atoms with Gasteiger partial charge >= 0.3 is 0 Å². The summed E-state index contributed by atoms with van der Waals surface area (Å²) in [5.74, 6) is 2.45. The fourth-order valence-electron chi connectivity index (χ4n) is 10.5. The lowest BCUT2D eigenvalue weighted by molar-refractivity contribution is 0.0179. The summed E-state index contributed by atoms with van der Waals surface area (Å²) in [6.07, 6.45) is 17.8. The lowest BCUT2D eigenvalue weighted by atomic mass is 9.71. The number of benzene rings is 2. The molecule has 10 heteroatoms. The number of thiazole rings is 1. The molecule has 2 spiro atoms. The number of ether oxygens (including phenoxy) is 2. The Balaban J connectivity index is 1.06. The SMILES string of the molecule is S=C1C(=Cc2nc3c(s2)-c2cc4c(cc2C2(CCCCC2)O3)-c2sc(N=C3C(=S)C5CCCCC5C3=S)cc2OC42CCCCC2)C(=S)c2ccccc21. The Morgan fingerprint density at radius 1 is 0.667 bits per heavy atom. The van der Waals surface area contributed by atoms with Gasteiger partial charge in [-0.25, -0.2) is 9.98 Å². The number of rotatable bonds is 2. The van der Waals surface area contributed by atoms with E-state index in [9.17, 15) is 0 Å². The molecule has 5 aliphatic carbocycles. The van der Waals surface area contributed by atoms with E-state index in [-0.39, 0.29) is 5.60 Å². The molecule has 4 saturated carbocycles. The maximum Gasteiger partial charge on any atom is 0.234 e. The zero-order chi connectivity index (χ0) is 36.3. The molecule has 4 nitrogen and oxygen atoms in total. The number of hydrogen-bond donors (Lipinski definition) is 0. The number of allylic oxidation sites excluding steroid dienone is 1. The molecule has 2 aromatic carbocycles. The number of hydrogen-bond acceptors (Lipinski definition) is 10. The van der Waals surface area contributed by atoms with E-state index in [0.29, 0.717) is 11.8 Å². The van der Waals surface area contributed by atoms with Gasteiger partial charge in [0.05, 0.1) is 25.2 Å². The van der Waals surface area contributed by atoms with Crippen LogP contribution in [-0.4, -0.2) is 30.2 Å². The molecule has 2 unspecified atom stereocenters. The monoisotopic (exact) mass is 818 g/mol. The average molecular weight is 819 g/mol. The zero-order valence-electron chi connectivity index (χ0n) is 29.8. The molecule has 4 fully saturated rings. The molecule has 11 rings (SSSR count). The van der Waals surface area contributed by atoms with Crippen molar-refractivity contribution in [2.75, 3.05) is 0 Å². The van der Waals surface area contributed by atoms with Gasteiger partial charge < -0.3 is 9.47 Å². The highest BCUT2D eigenvalue weighted by Gasteiger charge is 2.49. The summed E-state index contributed by atoms with van der Waals surface area (Å²) >= 11 is 27.4. The highest BCUT2D eigenvalue weighted by atomic mass is 32.1. The van der Waals surface area contributed by atoms with Crippen LogP contribution in [0.15, 0.2) is 53.0 Å². The molecular weight excluding hydrogens is 781 g/mol. The third kappa shape index (κ3) is 5.12. The third-order valence-corrected chi connectivity index (χ3v) is 17.1. The van der Waals surface area contributed by atoms with E-state index < -0.39 is 5.60 Å². The second-order valence-corrected chi connectivity index (χ2v) is 19.9. The summed E-state index contributed by atoms with van der Waals surface area (Å²) in [5.41, 5.74) is 8.18. The molecule has 2 aromatic heterocycles. The maximum absolute atomic E-state index is 7.24. The van der Waals surface area contributed by atoms with Crippen LogP contribution in [0, 0.1) is 11.8 Å². The first-order valence-corrected chi connectivity index (χ1v) is 22.9. The second kappa shape index (κ2) is 12.8. The molecule has 54 heavy (non-hydrogen) atoms. The van der Waals surface area contributed by atoms with Gasteiger partial charge in [-0.05, 0) is 82.4 Å². The van der Waals surface area contributed by atoms with Gasteiger partial charge in [-0.2, -0.15) is 0 Å². The number of aliphatic imine (C=N–C) groups is 1.